The largest absolute Gasteiger partial charge is 0.462 e. The summed E-state index contributed by atoms with van der Waals surface area (Å²) in [6.45, 7) is 4.90. The minimum absolute atomic E-state index is 0.0916. The fraction of sp³-hybridized carbons (Fsp3) is 0.591. The van der Waals surface area contributed by atoms with E-state index in [1.807, 2.05) is 12.1 Å². The lowest BCUT2D eigenvalue weighted by atomic mass is 9.55. The van der Waals surface area contributed by atoms with Crippen LogP contribution in [0.4, 0.5) is 0 Å². The van der Waals surface area contributed by atoms with Gasteiger partial charge in [-0.2, -0.15) is 0 Å². The monoisotopic (exact) mass is 370 g/mol. The minimum Gasteiger partial charge on any atom is -0.462 e. The van der Waals surface area contributed by atoms with E-state index in [9.17, 15) is 14.4 Å². The molecule has 3 aliphatic rings. The highest BCUT2D eigenvalue weighted by atomic mass is 16.5. The summed E-state index contributed by atoms with van der Waals surface area (Å²) in [4.78, 5) is 35.6. The Hall–Kier alpha value is -2.17. The van der Waals surface area contributed by atoms with E-state index < -0.39 is 0 Å². The van der Waals surface area contributed by atoms with Crippen LogP contribution in [0.25, 0.3) is 0 Å². The van der Waals surface area contributed by atoms with Crippen molar-refractivity contribution in [2.75, 3.05) is 0 Å². The van der Waals surface area contributed by atoms with Gasteiger partial charge in [-0.15, -0.1) is 0 Å². The van der Waals surface area contributed by atoms with Gasteiger partial charge in [0.05, 0.1) is 0 Å². The average Bonchev–Trinajstić information content (AvgIpc) is 2.84. The van der Waals surface area contributed by atoms with Gasteiger partial charge in [-0.3, -0.25) is 14.4 Å². The molecule has 27 heavy (non-hydrogen) atoms. The summed E-state index contributed by atoms with van der Waals surface area (Å²) in [5.74, 6) is 1.01. The van der Waals surface area contributed by atoms with Crippen molar-refractivity contribution in [1.29, 1.82) is 0 Å². The molecule has 0 N–H and O–H groups in total. The third-order valence-electron chi connectivity index (χ3n) is 6.95. The molecule has 1 unspecified atom stereocenters. The van der Waals surface area contributed by atoms with Crippen LogP contribution >= 0.6 is 0 Å². The van der Waals surface area contributed by atoms with Crippen molar-refractivity contribution < 1.29 is 23.9 Å². The molecule has 0 saturated heterocycles. The summed E-state index contributed by atoms with van der Waals surface area (Å²) in [5, 5.41) is 0. The van der Waals surface area contributed by atoms with Crippen molar-refractivity contribution in [3.05, 3.63) is 29.3 Å². The molecule has 0 heterocycles. The first-order valence-corrected chi connectivity index (χ1v) is 9.81. The number of aryl methyl sites for hydroxylation is 1. The third kappa shape index (κ3) is 2.97. The molecule has 0 aliphatic heterocycles. The second-order valence-corrected chi connectivity index (χ2v) is 8.52. The van der Waals surface area contributed by atoms with E-state index in [-0.39, 0.29) is 35.2 Å². The Bertz CT molecular complexity index is 813. The number of ketones is 1. The van der Waals surface area contributed by atoms with Gasteiger partial charge in [0, 0.05) is 31.6 Å². The first-order valence-electron chi connectivity index (χ1n) is 9.81. The van der Waals surface area contributed by atoms with Crippen molar-refractivity contribution in [2.45, 2.75) is 64.9 Å². The molecule has 0 amide bonds. The predicted molar refractivity (Wildman–Crippen MR) is 98.3 cm³/mol. The van der Waals surface area contributed by atoms with E-state index in [0.717, 1.165) is 25.7 Å². The molecular weight excluding hydrogens is 344 g/mol. The molecule has 1 aromatic rings. The quantitative estimate of drug-likeness (QED) is 0.588. The molecule has 0 spiro atoms. The van der Waals surface area contributed by atoms with Crippen LogP contribution in [0.1, 0.15) is 63.5 Å². The third-order valence-corrected chi connectivity index (χ3v) is 6.95. The number of carbonyl (C=O) groups excluding carboxylic acids is 3. The number of fused-ring (bicyclic) bond motifs is 5. The van der Waals surface area contributed by atoms with Crippen LogP contribution in [-0.4, -0.2) is 23.8 Å². The lowest BCUT2D eigenvalue weighted by Gasteiger charge is -2.49. The molecule has 5 atom stereocenters. The molecule has 5 heteroatoms. The van der Waals surface area contributed by atoms with Gasteiger partial charge in [0.15, 0.2) is 0 Å². The Kier molecular flexibility index (Phi) is 4.36. The maximum atomic E-state index is 12.7. The van der Waals surface area contributed by atoms with E-state index in [1.54, 1.807) is 0 Å². The summed E-state index contributed by atoms with van der Waals surface area (Å²) >= 11 is 0. The van der Waals surface area contributed by atoms with Crippen LogP contribution in [0.15, 0.2) is 18.2 Å². The van der Waals surface area contributed by atoms with E-state index in [1.165, 1.54) is 25.0 Å². The van der Waals surface area contributed by atoms with Gasteiger partial charge in [0.25, 0.3) is 0 Å². The van der Waals surface area contributed by atoms with E-state index in [2.05, 4.69) is 13.0 Å². The Balaban J connectivity index is 1.66. The molecule has 0 bridgehead atoms. The van der Waals surface area contributed by atoms with Gasteiger partial charge < -0.3 is 9.47 Å². The molecular formula is C22H26O5. The highest BCUT2D eigenvalue weighted by Gasteiger charge is 2.60. The van der Waals surface area contributed by atoms with E-state index in [4.69, 9.17) is 9.47 Å². The number of ether oxygens (including phenoxy) is 2. The molecule has 144 valence electrons. The summed E-state index contributed by atoms with van der Waals surface area (Å²) in [6.07, 6.45) is 3.71. The van der Waals surface area contributed by atoms with Gasteiger partial charge in [0.1, 0.15) is 17.6 Å². The number of benzene rings is 1. The van der Waals surface area contributed by atoms with Gasteiger partial charge in [0.2, 0.25) is 0 Å². The molecule has 1 aromatic carbocycles. The second-order valence-electron chi connectivity index (χ2n) is 8.52. The number of carbonyl (C=O) groups is 3. The second kappa shape index (κ2) is 6.47. The van der Waals surface area contributed by atoms with Crippen LogP contribution in [0, 0.1) is 17.3 Å². The SMILES string of the molecule is CC(=O)Oc1ccc2c(c1)CC[C@@H]1[C@@H]2CC[C@]2(C)C(=O)CC(OC(C)=O)[C@@H]12. The number of esters is 2. The highest BCUT2D eigenvalue weighted by Crippen LogP contribution is 2.60. The number of rotatable bonds is 2. The van der Waals surface area contributed by atoms with Crippen LogP contribution in [-0.2, 0) is 25.5 Å². The molecule has 2 fully saturated rings. The van der Waals surface area contributed by atoms with Crippen molar-refractivity contribution in [1.82, 2.24) is 0 Å². The molecule has 4 rings (SSSR count). The van der Waals surface area contributed by atoms with Crippen LogP contribution in [0.2, 0.25) is 0 Å². The lowest BCUT2D eigenvalue weighted by Crippen LogP contribution is -2.46. The average molecular weight is 370 g/mol. The van der Waals surface area contributed by atoms with Crippen LogP contribution in [0.5, 0.6) is 5.75 Å². The predicted octanol–water partition coefficient (Wildman–Crippen LogP) is 3.58. The molecule has 0 aromatic heterocycles. The molecule has 0 radical (unpaired) electrons. The summed E-state index contributed by atoms with van der Waals surface area (Å²) in [6, 6.07) is 5.91. The normalized spacial score (nSPS) is 34.3. The van der Waals surface area contributed by atoms with Crippen LogP contribution in [0.3, 0.4) is 0 Å². The van der Waals surface area contributed by atoms with Crippen molar-refractivity contribution in [2.24, 2.45) is 17.3 Å². The van der Waals surface area contributed by atoms with Gasteiger partial charge in [-0.1, -0.05) is 13.0 Å². The zero-order valence-electron chi connectivity index (χ0n) is 16.1. The maximum absolute atomic E-state index is 12.7. The van der Waals surface area contributed by atoms with Gasteiger partial charge >= 0.3 is 11.9 Å². The zero-order valence-corrected chi connectivity index (χ0v) is 16.1. The first-order chi connectivity index (χ1) is 12.8. The first kappa shape index (κ1) is 18.2. The Morgan fingerprint density at radius 1 is 1.15 bits per heavy atom. The Morgan fingerprint density at radius 2 is 1.93 bits per heavy atom. The fourth-order valence-corrected chi connectivity index (χ4v) is 5.92. The maximum Gasteiger partial charge on any atom is 0.308 e. The van der Waals surface area contributed by atoms with Gasteiger partial charge in [-0.25, -0.2) is 0 Å². The minimum atomic E-state index is -0.379. The van der Waals surface area contributed by atoms with E-state index in [0.29, 0.717) is 24.0 Å². The number of hydrogen-bond acceptors (Lipinski definition) is 5. The smallest absolute Gasteiger partial charge is 0.308 e. The molecule has 2 saturated carbocycles. The highest BCUT2D eigenvalue weighted by molar-refractivity contribution is 5.88. The lowest BCUT2D eigenvalue weighted by molar-refractivity contribution is -0.152. The summed E-state index contributed by atoms with van der Waals surface area (Å²) in [7, 11) is 0. The topological polar surface area (TPSA) is 69.7 Å². The summed E-state index contributed by atoms with van der Waals surface area (Å²) < 4.78 is 10.8. The van der Waals surface area contributed by atoms with E-state index >= 15 is 0 Å². The number of hydrogen-bond donors (Lipinski definition) is 0. The van der Waals surface area contributed by atoms with Crippen molar-refractivity contribution in [3.63, 3.8) is 0 Å². The number of Topliss-reactive ketones (excluding diaryl/α,β-unsaturated/α-hetero) is 1. The molecule has 3 aliphatic carbocycles. The Labute approximate surface area is 159 Å². The van der Waals surface area contributed by atoms with Crippen molar-refractivity contribution >= 4 is 17.7 Å². The van der Waals surface area contributed by atoms with Crippen LogP contribution < -0.4 is 4.74 Å². The summed E-state index contributed by atoms with van der Waals surface area (Å²) in [5.41, 5.74) is 2.15. The Morgan fingerprint density at radius 3 is 2.63 bits per heavy atom. The standard InChI is InChI=1S/C22H26O5/c1-12(23)26-15-5-7-16-14(10-15)4-6-18-17(16)8-9-22(3)20(25)11-19(21(18)22)27-13(2)24/h5,7,10,17-19,21H,4,6,8-9,11H2,1-3H3/t17-,18-,19?,21-,22-/m1/s1. The van der Waals surface area contributed by atoms with Crippen molar-refractivity contribution in [3.8, 4) is 5.75 Å². The fourth-order valence-electron chi connectivity index (χ4n) is 5.92. The van der Waals surface area contributed by atoms with Gasteiger partial charge in [-0.05, 0) is 60.8 Å². The molecule has 5 nitrogen and oxygen atoms in total. The zero-order chi connectivity index (χ0) is 19.3.